The van der Waals surface area contributed by atoms with E-state index in [9.17, 15) is 5.26 Å². The number of nitrogens with zero attached hydrogens (tertiary/aromatic N) is 4. The Morgan fingerprint density at radius 1 is 1.14 bits per heavy atom. The van der Waals surface area contributed by atoms with Crippen LogP contribution in [0.4, 0.5) is 5.69 Å². The van der Waals surface area contributed by atoms with Gasteiger partial charge in [0.1, 0.15) is 6.07 Å². The number of hydrogen-bond donors (Lipinski definition) is 1. The van der Waals surface area contributed by atoms with E-state index in [0.29, 0.717) is 11.4 Å². The van der Waals surface area contributed by atoms with Gasteiger partial charge in [-0.2, -0.15) is 10.4 Å². The first-order valence-corrected chi connectivity index (χ1v) is 6.45. The Morgan fingerprint density at radius 3 is 2.62 bits per heavy atom. The van der Waals surface area contributed by atoms with E-state index < -0.39 is 0 Å². The van der Waals surface area contributed by atoms with Gasteiger partial charge in [-0.25, -0.2) is 9.67 Å². The molecule has 0 aliphatic rings. The Hall–Kier alpha value is -3.13. The molecule has 0 spiro atoms. The largest absolute Gasteiger partial charge is 0.399 e. The maximum atomic E-state index is 9.27. The summed E-state index contributed by atoms with van der Waals surface area (Å²) in [4.78, 5) is 4.26. The van der Waals surface area contributed by atoms with Crippen LogP contribution in [0.2, 0.25) is 0 Å². The van der Waals surface area contributed by atoms with Crippen LogP contribution >= 0.6 is 0 Å². The molecule has 2 aromatic heterocycles. The molecular formula is C16H13N5. The molecule has 2 heterocycles. The van der Waals surface area contributed by atoms with E-state index in [2.05, 4.69) is 16.2 Å². The molecular weight excluding hydrogens is 262 g/mol. The molecule has 3 aromatic rings. The van der Waals surface area contributed by atoms with Crippen LogP contribution in [0.25, 0.3) is 16.9 Å². The first-order valence-electron chi connectivity index (χ1n) is 6.45. The lowest BCUT2D eigenvalue weighted by Gasteiger charge is -2.04. The zero-order chi connectivity index (χ0) is 14.8. The number of benzene rings is 1. The number of rotatable bonds is 2. The summed E-state index contributed by atoms with van der Waals surface area (Å²) in [6, 6.07) is 11.6. The zero-order valence-corrected chi connectivity index (χ0v) is 11.5. The molecule has 102 valence electrons. The SMILES string of the molecule is Cc1ccnc(-n2cc(-c3ccc(N)cc3)cn2)c1C#N. The Morgan fingerprint density at radius 2 is 1.90 bits per heavy atom. The number of nitrogens with two attached hydrogens (primary N) is 1. The summed E-state index contributed by atoms with van der Waals surface area (Å²) >= 11 is 0. The molecule has 0 unspecified atom stereocenters. The number of pyridine rings is 1. The lowest BCUT2D eigenvalue weighted by molar-refractivity contribution is 0.841. The molecule has 0 fully saturated rings. The van der Waals surface area contributed by atoms with Crippen molar-refractivity contribution in [2.24, 2.45) is 0 Å². The highest BCUT2D eigenvalue weighted by Crippen LogP contribution is 2.22. The number of aryl methyl sites for hydroxylation is 1. The summed E-state index contributed by atoms with van der Waals surface area (Å²) in [5, 5.41) is 13.6. The second-order valence-corrected chi connectivity index (χ2v) is 4.73. The van der Waals surface area contributed by atoms with Gasteiger partial charge in [0.25, 0.3) is 0 Å². The second-order valence-electron chi connectivity index (χ2n) is 4.73. The average Bonchev–Trinajstić information content (AvgIpc) is 2.97. The zero-order valence-electron chi connectivity index (χ0n) is 11.5. The fourth-order valence-corrected chi connectivity index (χ4v) is 2.12. The van der Waals surface area contributed by atoms with E-state index >= 15 is 0 Å². The van der Waals surface area contributed by atoms with E-state index in [0.717, 1.165) is 22.4 Å². The van der Waals surface area contributed by atoms with Gasteiger partial charge in [0, 0.05) is 23.6 Å². The predicted molar refractivity (Wildman–Crippen MR) is 80.7 cm³/mol. The number of aromatic nitrogens is 3. The van der Waals surface area contributed by atoms with E-state index in [4.69, 9.17) is 5.73 Å². The van der Waals surface area contributed by atoms with E-state index in [1.807, 2.05) is 43.5 Å². The Labute approximate surface area is 122 Å². The molecule has 0 aliphatic carbocycles. The molecule has 0 saturated heterocycles. The van der Waals surface area contributed by atoms with Crippen LogP contribution in [0.5, 0.6) is 0 Å². The van der Waals surface area contributed by atoms with Gasteiger partial charge in [-0.1, -0.05) is 12.1 Å². The summed E-state index contributed by atoms with van der Waals surface area (Å²) in [7, 11) is 0. The standard InChI is InChI=1S/C16H13N5/c1-11-6-7-19-16(15(11)8-17)21-10-13(9-20-21)12-2-4-14(18)5-3-12/h2-7,9-10H,18H2,1H3. The smallest absolute Gasteiger partial charge is 0.171 e. The van der Waals surface area contributed by atoms with Crippen molar-refractivity contribution in [3.05, 3.63) is 60.0 Å². The molecule has 0 atom stereocenters. The summed E-state index contributed by atoms with van der Waals surface area (Å²) in [6.45, 7) is 1.88. The van der Waals surface area contributed by atoms with E-state index in [-0.39, 0.29) is 0 Å². The molecule has 0 saturated carbocycles. The Balaban J connectivity index is 2.05. The van der Waals surface area contributed by atoms with Gasteiger partial charge in [0.15, 0.2) is 5.82 Å². The maximum Gasteiger partial charge on any atom is 0.171 e. The molecule has 0 aliphatic heterocycles. The van der Waals surface area contributed by atoms with Gasteiger partial charge in [-0.05, 0) is 36.2 Å². The predicted octanol–water partition coefficient (Wildman–Crippen LogP) is 2.70. The van der Waals surface area contributed by atoms with Crippen LogP contribution in [0, 0.1) is 18.3 Å². The Kier molecular flexibility index (Phi) is 3.13. The fourth-order valence-electron chi connectivity index (χ4n) is 2.12. The van der Waals surface area contributed by atoms with Crippen molar-refractivity contribution in [2.75, 3.05) is 5.73 Å². The molecule has 3 rings (SSSR count). The molecule has 21 heavy (non-hydrogen) atoms. The number of anilines is 1. The van der Waals surface area contributed by atoms with Crippen molar-refractivity contribution >= 4 is 5.69 Å². The summed E-state index contributed by atoms with van der Waals surface area (Å²) in [5.74, 6) is 0.541. The molecule has 5 heteroatoms. The Bertz CT molecular complexity index is 825. The van der Waals surface area contributed by atoms with Gasteiger partial charge in [0.05, 0.1) is 11.8 Å². The van der Waals surface area contributed by atoms with Crippen LogP contribution in [-0.2, 0) is 0 Å². The van der Waals surface area contributed by atoms with Crippen molar-refractivity contribution in [2.45, 2.75) is 6.92 Å². The van der Waals surface area contributed by atoms with Crippen LogP contribution in [0.1, 0.15) is 11.1 Å². The summed E-state index contributed by atoms with van der Waals surface area (Å²) < 4.78 is 1.62. The molecule has 0 radical (unpaired) electrons. The first kappa shape index (κ1) is 12.9. The molecule has 0 amide bonds. The molecule has 5 nitrogen and oxygen atoms in total. The van der Waals surface area contributed by atoms with Crippen molar-refractivity contribution in [3.63, 3.8) is 0 Å². The third-order valence-electron chi connectivity index (χ3n) is 3.29. The third-order valence-corrected chi connectivity index (χ3v) is 3.29. The lowest BCUT2D eigenvalue weighted by Crippen LogP contribution is -2.02. The number of nitriles is 1. The van der Waals surface area contributed by atoms with Crippen LogP contribution in [-0.4, -0.2) is 14.8 Å². The van der Waals surface area contributed by atoms with Gasteiger partial charge in [0.2, 0.25) is 0 Å². The normalized spacial score (nSPS) is 10.3. The minimum Gasteiger partial charge on any atom is -0.399 e. The lowest BCUT2D eigenvalue weighted by atomic mass is 10.1. The quantitative estimate of drug-likeness (QED) is 0.729. The molecule has 1 aromatic carbocycles. The topological polar surface area (TPSA) is 80.5 Å². The third kappa shape index (κ3) is 2.35. The van der Waals surface area contributed by atoms with Gasteiger partial charge < -0.3 is 5.73 Å². The van der Waals surface area contributed by atoms with Crippen molar-refractivity contribution < 1.29 is 0 Å². The van der Waals surface area contributed by atoms with Gasteiger partial charge in [-0.15, -0.1) is 0 Å². The van der Waals surface area contributed by atoms with Crippen molar-refractivity contribution in [1.82, 2.24) is 14.8 Å². The van der Waals surface area contributed by atoms with Crippen molar-refractivity contribution in [3.8, 4) is 23.0 Å². The minimum atomic E-state index is 0.532. The van der Waals surface area contributed by atoms with Crippen LogP contribution < -0.4 is 5.73 Å². The fraction of sp³-hybridized carbons (Fsp3) is 0.0625. The minimum absolute atomic E-state index is 0.532. The second kappa shape index (κ2) is 5.10. The first-order chi connectivity index (χ1) is 10.2. The van der Waals surface area contributed by atoms with Gasteiger partial charge in [-0.3, -0.25) is 0 Å². The molecule has 0 bridgehead atoms. The summed E-state index contributed by atoms with van der Waals surface area (Å²) in [5.41, 5.74) is 9.78. The highest BCUT2D eigenvalue weighted by Gasteiger charge is 2.10. The molecule has 2 N–H and O–H groups in total. The monoisotopic (exact) mass is 275 g/mol. The van der Waals surface area contributed by atoms with Crippen LogP contribution in [0.15, 0.2) is 48.9 Å². The number of nitrogen functional groups attached to an aromatic ring is 1. The highest BCUT2D eigenvalue weighted by atomic mass is 15.3. The van der Waals surface area contributed by atoms with Gasteiger partial charge >= 0.3 is 0 Å². The van der Waals surface area contributed by atoms with Crippen LogP contribution in [0.3, 0.4) is 0 Å². The average molecular weight is 275 g/mol. The van der Waals surface area contributed by atoms with E-state index in [1.54, 1.807) is 17.1 Å². The van der Waals surface area contributed by atoms with E-state index in [1.165, 1.54) is 0 Å². The highest BCUT2D eigenvalue weighted by molar-refractivity contribution is 5.64. The number of hydrogen-bond acceptors (Lipinski definition) is 4. The summed E-state index contributed by atoms with van der Waals surface area (Å²) in [6.07, 6.45) is 5.28. The van der Waals surface area contributed by atoms with Crippen molar-refractivity contribution in [1.29, 1.82) is 5.26 Å². The maximum absolute atomic E-state index is 9.27.